The van der Waals surface area contributed by atoms with Crippen molar-refractivity contribution < 1.29 is 22.4 Å². The summed E-state index contributed by atoms with van der Waals surface area (Å²) in [5.41, 5.74) is 0.538. The van der Waals surface area contributed by atoms with Crippen molar-refractivity contribution in [2.24, 2.45) is 0 Å². The summed E-state index contributed by atoms with van der Waals surface area (Å²) >= 11 is 0. The molecule has 140 valence electrons. The lowest BCUT2D eigenvalue weighted by molar-refractivity contribution is -0.140. The molecule has 4 nitrogen and oxygen atoms in total. The molecule has 1 fully saturated rings. The number of alkyl halides is 3. The summed E-state index contributed by atoms with van der Waals surface area (Å²) in [6.45, 7) is 0.0996. The van der Waals surface area contributed by atoms with E-state index in [2.05, 4.69) is 10.3 Å². The van der Waals surface area contributed by atoms with E-state index in [4.69, 9.17) is 0 Å². The molecule has 0 unspecified atom stereocenters. The number of nitrogens with zero attached hydrogens (tertiary/aromatic N) is 2. The van der Waals surface area contributed by atoms with Crippen LogP contribution in [0.25, 0.3) is 22.2 Å². The van der Waals surface area contributed by atoms with Gasteiger partial charge in [0, 0.05) is 24.0 Å². The molecule has 0 radical (unpaired) electrons. The molecule has 0 bridgehead atoms. The topological polar surface area (TPSA) is 46.9 Å². The Labute approximate surface area is 151 Å². The maximum Gasteiger partial charge on any atom is 0.419 e. The van der Waals surface area contributed by atoms with E-state index in [0.29, 0.717) is 16.6 Å². The van der Waals surface area contributed by atoms with Crippen LogP contribution in [-0.2, 0) is 17.5 Å². The van der Waals surface area contributed by atoms with Crippen LogP contribution in [0.4, 0.5) is 17.6 Å². The first-order valence-corrected chi connectivity index (χ1v) is 8.42. The van der Waals surface area contributed by atoms with E-state index in [1.54, 1.807) is 22.9 Å². The molecular formula is C19H15F4N3O. The molecule has 27 heavy (non-hydrogen) atoms. The van der Waals surface area contributed by atoms with Crippen LogP contribution in [0.5, 0.6) is 0 Å². The lowest BCUT2D eigenvalue weighted by atomic mass is 10.0. The number of nitrogens with one attached hydrogen (secondary N) is 1. The van der Waals surface area contributed by atoms with Gasteiger partial charge in [-0.1, -0.05) is 6.07 Å². The largest absolute Gasteiger partial charge is 0.419 e. The minimum Gasteiger partial charge on any atom is -0.352 e. The van der Waals surface area contributed by atoms with Crippen molar-refractivity contribution in [3.05, 3.63) is 54.1 Å². The number of aromatic nitrogens is 2. The van der Waals surface area contributed by atoms with E-state index < -0.39 is 17.6 Å². The number of hydrogen-bond donors (Lipinski definition) is 1. The van der Waals surface area contributed by atoms with Crippen LogP contribution in [0, 0.1) is 5.82 Å². The fraction of sp³-hybridized carbons (Fsp3) is 0.263. The number of fused-ring (bicyclic) bond motifs is 1. The predicted octanol–water partition coefficient (Wildman–Crippen LogP) is 4.14. The molecule has 4 rings (SSSR count). The summed E-state index contributed by atoms with van der Waals surface area (Å²) in [4.78, 5) is 16.3. The highest BCUT2D eigenvalue weighted by atomic mass is 19.4. The van der Waals surface area contributed by atoms with Gasteiger partial charge in [0.2, 0.25) is 5.91 Å². The molecule has 8 heteroatoms. The third kappa shape index (κ3) is 3.65. The van der Waals surface area contributed by atoms with Crippen molar-refractivity contribution in [3.8, 4) is 11.1 Å². The van der Waals surface area contributed by atoms with E-state index in [1.807, 2.05) is 0 Å². The number of amides is 1. The van der Waals surface area contributed by atoms with E-state index in [-0.39, 0.29) is 24.1 Å². The van der Waals surface area contributed by atoms with Gasteiger partial charge in [-0.25, -0.2) is 4.39 Å². The van der Waals surface area contributed by atoms with E-state index in [9.17, 15) is 22.4 Å². The van der Waals surface area contributed by atoms with Crippen LogP contribution in [0.2, 0.25) is 0 Å². The summed E-state index contributed by atoms with van der Waals surface area (Å²) < 4.78 is 54.1. The van der Waals surface area contributed by atoms with Crippen molar-refractivity contribution >= 4 is 16.9 Å². The second-order valence-corrected chi connectivity index (χ2v) is 6.61. The smallest absolute Gasteiger partial charge is 0.352 e. The van der Waals surface area contributed by atoms with Crippen molar-refractivity contribution in [2.45, 2.75) is 31.6 Å². The van der Waals surface area contributed by atoms with Crippen molar-refractivity contribution in [1.82, 2.24) is 14.9 Å². The highest BCUT2D eigenvalue weighted by Crippen LogP contribution is 2.34. The Morgan fingerprint density at radius 2 is 1.96 bits per heavy atom. The zero-order valence-electron chi connectivity index (χ0n) is 14.1. The highest BCUT2D eigenvalue weighted by Gasteiger charge is 2.34. The molecule has 0 aliphatic heterocycles. The molecule has 1 aromatic carbocycles. The van der Waals surface area contributed by atoms with E-state index in [0.717, 1.165) is 25.0 Å². The SMILES string of the molecule is O=C(Cn1ccc2ncc(-c3ccc(F)c(C(F)(F)F)c3)cc21)NC1CC1. The monoisotopic (exact) mass is 377 g/mol. The fourth-order valence-corrected chi connectivity index (χ4v) is 2.94. The number of hydrogen-bond acceptors (Lipinski definition) is 2. The number of pyridine rings is 1. The van der Waals surface area contributed by atoms with Crippen LogP contribution >= 0.6 is 0 Å². The zero-order valence-corrected chi connectivity index (χ0v) is 14.1. The summed E-state index contributed by atoms with van der Waals surface area (Å²) in [7, 11) is 0. The van der Waals surface area contributed by atoms with Gasteiger partial charge in [0.25, 0.3) is 0 Å². The van der Waals surface area contributed by atoms with Crippen LogP contribution in [0.15, 0.2) is 42.7 Å². The predicted molar refractivity (Wildman–Crippen MR) is 91.3 cm³/mol. The first-order chi connectivity index (χ1) is 12.8. The third-order valence-electron chi connectivity index (χ3n) is 4.48. The van der Waals surface area contributed by atoms with Crippen molar-refractivity contribution in [1.29, 1.82) is 0 Å². The van der Waals surface area contributed by atoms with Crippen LogP contribution in [-0.4, -0.2) is 21.5 Å². The first-order valence-electron chi connectivity index (χ1n) is 8.42. The van der Waals surface area contributed by atoms with Gasteiger partial charge in [-0.2, -0.15) is 13.2 Å². The second-order valence-electron chi connectivity index (χ2n) is 6.61. The molecule has 2 heterocycles. The minimum atomic E-state index is -4.78. The number of carbonyl (C=O) groups is 1. The molecule has 1 aliphatic carbocycles. The van der Waals surface area contributed by atoms with Crippen molar-refractivity contribution in [3.63, 3.8) is 0 Å². The minimum absolute atomic E-state index is 0.0996. The van der Waals surface area contributed by atoms with Gasteiger partial charge in [-0.3, -0.25) is 9.78 Å². The Morgan fingerprint density at radius 1 is 1.19 bits per heavy atom. The number of halogens is 4. The normalized spacial score (nSPS) is 14.5. The van der Waals surface area contributed by atoms with Crippen LogP contribution < -0.4 is 5.32 Å². The molecule has 2 aromatic heterocycles. The molecular weight excluding hydrogens is 362 g/mol. The van der Waals surface area contributed by atoms with Crippen LogP contribution in [0.1, 0.15) is 18.4 Å². The van der Waals surface area contributed by atoms with Gasteiger partial charge in [-0.15, -0.1) is 0 Å². The molecule has 0 spiro atoms. The van der Waals surface area contributed by atoms with Gasteiger partial charge < -0.3 is 9.88 Å². The molecule has 0 saturated heterocycles. The lowest BCUT2D eigenvalue weighted by Crippen LogP contribution is -2.29. The fourth-order valence-electron chi connectivity index (χ4n) is 2.94. The van der Waals surface area contributed by atoms with Gasteiger partial charge in [0.1, 0.15) is 12.4 Å². The average Bonchev–Trinajstić information content (AvgIpc) is 3.33. The molecule has 1 saturated carbocycles. The molecule has 1 N–H and O–H groups in total. The quantitative estimate of drug-likeness (QED) is 0.695. The number of rotatable bonds is 4. The number of benzene rings is 1. The average molecular weight is 377 g/mol. The number of carbonyl (C=O) groups excluding carboxylic acids is 1. The van der Waals surface area contributed by atoms with E-state index >= 15 is 0 Å². The first kappa shape index (κ1) is 17.5. The Bertz CT molecular complexity index is 1020. The van der Waals surface area contributed by atoms with Gasteiger partial charge in [0.15, 0.2) is 0 Å². The summed E-state index contributed by atoms with van der Waals surface area (Å²) in [6.07, 6.45) is 0.328. The highest BCUT2D eigenvalue weighted by molar-refractivity contribution is 5.84. The van der Waals surface area contributed by atoms with Crippen molar-refractivity contribution in [2.75, 3.05) is 0 Å². The maximum absolute atomic E-state index is 13.5. The second kappa shape index (κ2) is 6.37. The standard InChI is InChI=1S/C19H15F4N3O/c20-15-4-1-11(7-14(15)19(21,22)23)12-8-17-16(24-9-12)5-6-26(17)10-18(27)25-13-2-3-13/h1,4-9,13H,2-3,10H2,(H,25,27). The Morgan fingerprint density at radius 3 is 2.67 bits per heavy atom. The van der Waals surface area contributed by atoms with Gasteiger partial charge in [0.05, 0.1) is 16.6 Å². The molecule has 1 amide bonds. The molecule has 1 aliphatic rings. The Hall–Kier alpha value is -2.90. The van der Waals surface area contributed by atoms with Gasteiger partial charge in [-0.05, 0) is 42.7 Å². The Balaban J connectivity index is 1.68. The molecule has 3 aromatic rings. The summed E-state index contributed by atoms with van der Waals surface area (Å²) in [6, 6.07) is 6.47. The zero-order chi connectivity index (χ0) is 19.2. The van der Waals surface area contributed by atoms with Crippen LogP contribution in [0.3, 0.4) is 0 Å². The third-order valence-corrected chi connectivity index (χ3v) is 4.48. The lowest BCUT2D eigenvalue weighted by Gasteiger charge is -2.11. The molecule has 0 atom stereocenters. The van der Waals surface area contributed by atoms with E-state index in [1.165, 1.54) is 12.3 Å². The summed E-state index contributed by atoms with van der Waals surface area (Å²) in [5, 5.41) is 2.89. The summed E-state index contributed by atoms with van der Waals surface area (Å²) in [5.74, 6) is -1.44. The van der Waals surface area contributed by atoms with Gasteiger partial charge >= 0.3 is 6.18 Å². The Kier molecular flexibility index (Phi) is 4.13. The maximum atomic E-state index is 13.5.